The highest BCUT2D eigenvalue weighted by atomic mass is 32.2. The van der Waals surface area contributed by atoms with Gasteiger partial charge in [-0.3, -0.25) is 4.79 Å². The highest BCUT2D eigenvalue weighted by Gasteiger charge is 2.71. The van der Waals surface area contributed by atoms with Gasteiger partial charge in [-0.1, -0.05) is 31.2 Å². The molecule has 0 aliphatic carbocycles. The Kier molecular flexibility index (Phi) is 7.25. The molecule has 0 saturated heterocycles. The molecule has 0 unspecified atom stereocenters. The third-order valence-electron chi connectivity index (χ3n) is 5.06. The summed E-state index contributed by atoms with van der Waals surface area (Å²) in [5.74, 6) is -0.721. The van der Waals surface area contributed by atoms with Gasteiger partial charge in [0.25, 0.3) is 5.60 Å². The lowest BCUT2D eigenvalue weighted by atomic mass is 9.89. The number of sulfone groups is 1. The number of rotatable bonds is 6. The third-order valence-corrected chi connectivity index (χ3v) is 6.81. The van der Waals surface area contributed by atoms with Gasteiger partial charge >= 0.3 is 12.4 Å². The molecule has 33 heavy (non-hydrogen) atoms. The number of nitrogens with one attached hydrogen (secondary N) is 1. The fraction of sp³-hybridized carbons (Fsp3) is 0.381. The lowest BCUT2D eigenvalue weighted by Gasteiger charge is -2.33. The molecule has 2 N–H and O–H groups in total. The van der Waals surface area contributed by atoms with Gasteiger partial charge in [0, 0.05) is 11.3 Å². The van der Waals surface area contributed by atoms with E-state index in [9.17, 15) is 44.7 Å². The van der Waals surface area contributed by atoms with Crippen LogP contribution in [0.5, 0.6) is 0 Å². The fourth-order valence-corrected chi connectivity index (χ4v) is 4.09. The van der Waals surface area contributed by atoms with Crippen molar-refractivity contribution in [2.24, 2.45) is 0 Å². The van der Waals surface area contributed by atoms with E-state index in [1.807, 2.05) is 0 Å². The van der Waals surface area contributed by atoms with Gasteiger partial charge in [0.2, 0.25) is 5.91 Å². The molecule has 2 rings (SSSR count). The van der Waals surface area contributed by atoms with Crippen LogP contribution in [0.15, 0.2) is 41.3 Å². The molecule has 0 radical (unpaired) electrons. The molecule has 0 atom stereocenters. The summed E-state index contributed by atoms with van der Waals surface area (Å²) < 4.78 is 103. The number of carbonyl (C=O) groups excluding carboxylic acids is 1. The molecule has 0 saturated carbocycles. The zero-order valence-corrected chi connectivity index (χ0v) is 18.5. The fourth-order valence-electron chi connectivity index (χ4n) is 3.21. The average molecular weight is 497 g/mol. The zero-order valence-electron chi connectivity index (χ0n) is 17.7. The van der Waals surface area contributed by atoms with Crippen molar-refractivity contribution in [3.63, 3.8) is 0 Å². The minimum atomic E-state index is -6.02. The molecule has 0 bridgehead atoms. The van der Waals surface area contributed by atoms with Crippen LogP contribution in [0.3, 0.4) is 0 Å². The molecule has 0 aliphatic heterocycles. The number of amides is 1. The van der Waals surface area contributed by atoms with E-state index in [1.165, 1.54) is 45.0 Å². The summed E-state index contributed by atoms with van der Waals surface area (Å²) >= 11 is 0. The van der Waals surface area contributed by atoms with Gasteiger partial charge < -0.3 is 10.4 Å². The van der Waals surface area contributed by atoms with Crippen molar-refractivity contribution >= 4 is 21.4 Å². The Labute approximate surface area is 186 Å². The first kappa shape index (κ1) is 26.7. The van der Waals surface area contributed by atoms with Gasteiger partial charge in [0.05, 0.1) is 17.1 Å². The summed E-state index contributed by atoms with van der Waals surface area (Å²) in [4.78, 5) is 12.5. The predicted octanol–water partition coefficient (Wildman–Crippen LogP) is 4.59. The molecule has 0 fully saturated rings. The van der Waals surface area contributed by atoms with Gasteiger partial charge in [-0.05, 0) is 42.7 Å². The highest BCUT2D eigenvalue weighted by molar-refractivity contribution is 7.91. The van der Waals surface area contributed by atoms with Gasteiger partial charge in [0.1, 0.15) is 0 Å². The molecule has 0 aromatic heterocycles. The lowest BCUT2D eigenvalue weighted by molar-refractivity contribution is -0.376. The lowest BCUT2D eigenvalue weighted by Crippen LogP contribution is -2.54. The smallest absolute Gasteiger partial charge is 0.369 e. The maximum atomic E-state index is 13.1. The summed E-state index contributed by atoms with van der Waals surface area (Å²) in [6, 6.07) is 6.57. The Morgan fingerprint density at radius 3 is 1.79 bits per heavy atom. The number of carbonyl (C=O) groups is 1. The molecule has 0 heterocycles. The van der Waals surface area contributed by atoms with Crippen LogP contribution in [0.1, 0.15) is 29.2 Å². The molecule has 2 aromatic rings. The van der Waals surface area contributed by atoms with Crippen molar-refractivity contribution < 1.29 is 44.7 Å². The molecule has 12 heteroatoms. The Bertz CT molecular complexity index is 1100. The summed E-state index contributed by atoms with van der Waals surface area (Å²) in [7, 11) is -3.42. The number of hydrogen-bond acceptors (Lipinski definition) is 4. The normalized spacial score (nSPS) is 13.2. The minimum Gasteiger partial charge on any atom is -0.369 e. The van der Waals surface area contributed by atoms with E-state index >= 15 is 0 Å². The maximum absolute atomic E-state index is 13.1. The number of halogens is 6. The molecule has 2 aromatic carbocycles. The second-order valence-corrected chi connectivity index (χ2v) is 9.74. The number of aryl methyl sites for hydroxylation is 2. The van der Waals surface area contributed by atoms with E-state index in [-0.39, 0.29) is 33.9 Å². The molecular weight excluding hydrogens is 476 g/mol. The van der Waals surface area contributed by atoms with Gasteiger partial charge in [-0.25, -0.2) is 8.42 Å². The Morgan fingerprint density at radius 1 is 0.939 bits per heavy atom. The van der Waals surface area contributed by atoms with Crippen molar-refractivity contribution in [3.8, 4) is 0 Å². The van der Waals surface area contributed by atoms with E-state index in [0.29, 0.717) is 17.7 Å². The predicted molar refractivity (Wildman–Crippen MR) is 108 cm³/mol. The van der Waals surface area contributed by atoms with Gasteiger partial charge in [0.15, 0.2) is 9.84 Å². The van der Waals surface area contributed by atoms with Crippen molar-refractivity contribution in [1.29, 1.82) is 0 Å². The average Bonchev–Trinajstić information content (AvgIpc) is 2.68. The van der Waals surface area contributed by atoms with E-state index < -0.39 is 39.3 Å². The summed E-state index contributed by atoms with van der Waals surface area (Å²) in [6.07, 6.45) is -12.3. The summed E-state index contributed by atoms with van der Waals surface area (Å²) in [5, 5.41) is 12.0. The monoisotopic (exact) mass is 497 g/mol. The molecule has 0 spiro atoms. The number of aliphatic hydroxyl groups is 1. The van der Waals surface area contributed by atoms with Crippen molar-refractivity contribution in [2.45, 2.75) is 50.0 Å². The number of hydrogen-bond donors (Lipinski definition) is 2. The second kappa shape index (κ2) is 8.98. The topological polar surface area (TPSA) is 83.5 Å². The quantitative estimate of drug-likeness (QED) is 0.572. The zero-order chi connectivity index (χ0) is 25.4. The number of benzene rings is 2. The van der Waals surface area contributed by atoms with Crippen molar-refractivity contribution in [1.82, 2.24) is 0 Å². The van der Waals surface area contributed by atoms with E-state index in [0.717, 1.165) is 0 Å². The largest absolute Gasteiger partial charge is 0.430 e. The minimum absolute atomic E-state index is 0.000583. The standard InChI is InChI=1S/C21H21F6NO4S/c1-4-33(31,32)16-7-5-14(6-8-16)11-17(29)28-18-12(2)9-15(10-13(18)3)19(30,20(22,23)24)21(25,26)27/h5-10,30H,4,11H2,1-3H3,(H,28,29). The van der Waals surface area contributed by atoms with E-state index in [2.05, 4.69) is 5.32 Å². The van der Waals surface area contributed by atoms with E-state index in [4.69, 9.17) is 0 Å². The van der Waals surface area contributed by atoms with Gasteiger partial charge in [-0.15, -0.1) is 0 Å². The number of alkyl halides is 6. The molecule has 1 amide bonds. The van der Waals surface area contributed by atoms with Crippen molar-refractivity contribution in [3.05, 3.63) is 58.7 Å². The highest BCUT2D eigenvalue weighted by Crippen LogP contribution is 2.50. The first-order valence-electron chi connectivity index (χ1n) is 9.53. The maximum Gasteiger partial charge on any atom is 0.430 e. The molecule has 0 aliphatic rings. The van der Waals surface area contributed by atoms with Crippen LogP contribution in [0, 0.1) is 13.8 Å². The van der Waals surface area contributed by atoms with Crippen LogP contribution in [-0.4, -0.2) is 37.5 Å². The first-order valence-corrected chi connectivity index (χ1v) is 11.2. The van der Waals surface area contributed by atoms with Crippen molar-refractivity contribution in [2.75, 3.05) is 11.1 Å². The Morgan fingerprint density at radius 2 is 1.39 bits per heavy atom. The molecule has 5 nitrogen and oxygen atoms in total. The molecule has 182 valence electrons. The van der Waals surface area contributed by atoms with Crippen LogP contribution in [0.4, 0.5) is 32.0 Å². The van der Waals surface area contributed by atoms with Crippen LogP contribution in [0.25, 0.3) is 0 Å². The molecular formula is C21H21F6NO4S. The van der Waals surface area contributed by atoms with Crippen LogP contribution in [0.2, 0.25) is 0 Å². The Hall–Kier alpha value is -2.60. The second-order valence-electron chi connectivity index (χ2n) is 7.46. The summed E-state index contributed by atoms with van der Waals surface area (Å²) in [5.41, 5.74) is -6.27. The van der Waals surface area contributed by atoms with Gasteiger partial charge in [-0.2, -0.15) is 26.3 Å². The first-order chi connectivity index (χ1) is 14.9. The Balaban J connectivity index is 2.30. The number of anilines is 1. The van der Waals surface area contributed by atoms with Crippen LogP contribution in [-0.2, 0) is 26.7 Å². The van der Waals surface area contributed by atoms with Crippen LogP contribution >= 0.6 is 0 Å². The third kappa shape index (κ3) is 5.32. The SMILES string of the molecule is CCS(=O)(=O)c1ccc(CC(=O)Nc2c(C)cc(C(O)(C(F)(F)F)C(F)(F)F)cc2C)cc1. The summed E-state index contributed by atoms with van der Waals surface area (Å²) in [6.45, 7) is 3.88. The van der Waals surface area contributed by atoms with E-state index in [1.54, 1.807) is 0 Å². The van der Waals surface area contributed by atoms with Crippen LogP contribution < -0.4 is 5.32 Å².